The van der Waals surface area contributed by atoms with Crippen LogP contribution in [0.5, 0.6) is 0 Å². The molecule has 0 saturated heterocycles. The smallest absolute Gasteiger partial charge is 0.269 e. The first kappa shape index (κ1) is 7.71. The molecule has 2 aromatic heterocycles. The molecule has 0 fully saturated rings. The molecule has 2 heterocycles. The van der Waals surface area contributed by atoms with Crippen molar-refractivity contribution >= 4 is 23.5 Å². The Morgan fingerprint density at radius 1 is 1.54 bits per heavy atom. The van der Waals surface area contributed by atoms with Gasteiger partial charge in [0, 0.05) is 13.1 Å². The van der Waals surface area contributed by atoms with Crippen LogP contribution in [0.25, 0.3) is 11.0 Å². The zero-order chi connectivity index (χ0) is 9.10. The minimum Gasteiger partial charge on any atom is -0.269 e. The van der Waals surface area contributed by atoms with Gasteiger partial charge < -0.3 is 0 Å². The van der Waals surface area contributed by atoms with Gasteiger partial charge in [0.1, 0.15) is 5.69 Å². The molecule has 0 saturated carbocycles. The molecule has 2 rings (SSSR count). The Hall–Kier alpha value is -1.93. The lowest BCUT2D eigenvalue weighted by Gasteiger charge is -1.82. The second kappa shape index (κ2) is 3.21. The maximum atomic E-state index is 4.10. The van der Waals surface area contributed by atoms with Crippen LogP contribution in [0, 0.1) is 0 Å². The average molecular weight is 173 g/mol. The van der Waals surface area contributed by atoms with E-state index in [0.717, 1.165) is 16.7 Å². The topological polar surface area (TPSA) is 55.7 Å². The van der Waals surface area contributed by atoms with Crippen LogP contribution in [0.2, 0.25) is 0 Å². The van der Waals surface area contributed by atoms with E-state index in [9.17, 15) is 0 Å². The minimum atomic E-state index is 0.722. The predicted octanol–water partition coefficient (Wildman–Crippen LogP) is 0.535. The third-order valence-electron chi connectivity index (χ3n) is 1.71. The first-order chi connectivity index (χ1) is 6.42. The van der Waals surface area contributed by atoms with Crippen LogP contribution in [-0.2, 0) is 0 Å². The number of pyridine rings is 1. The summed E-state index contributed by atoms with van der Waals surface area (Å²) in [6.45, 7) is 1.87. The van der Waals surface area contributed by atoms with Crippen LogP contribution < -0.4 is 4.67 Å². The highest BCUT2D eigenvalue weighted by Gasteiger charge is 2.05. The van der Waals surface area contributed by atoms with Crippen molar-refractivity contribution in [1.82, 2.24) is 19.8 Å². The number of hydrogen-bond acceptors (Lipinski definition) is 2. The second-order valence-corrected chi connectivity index (χ2v) is 2.55. The maximum absolute atomic E-state index is 4.10. The highest BCUT2D eigenvalue weighted by molar-refractivity contribution is 5.95. The van der Waals surface area contributed by atoms with Crippen molar-refractivity contribution in [2.75, 3.05) is 0 Å². The Labute approximate surface area is 75.1 Å². The summed E-state index contributed by atoms with van der Waals surface area (Å²) < 4.78 is 4.02. The first-order valence-electron chi connectivity index (χ1n) is 4.02. The lowest BCUT2D eigenvalue weighted by molar-refractivity contribution is 1.09. The van der Waals surface area contributed by atoms with Crippen molar-refractivity contribution in [3.8, 4) is 0 Å². The number of hydrogen-bond donors (Lipinski definition) is 1. The molecule has 1 N–H and O–H groups in total. The van der Waals surface area contributed by atoms with E-state index in [1.807, 2.05) is 19.1 Å². The van der Waals surface area contributed by atoms with E-state index in [4.69, 9.17) is 0 Å². The summed E-state index contributed by atoms with van der Waals surface area (Å²) in [6.07, 6.45) is 5.18. The van der Waals surface area contributed by atoms with E-state index < -0.39 is 0 Å². The lowest BCUT2D eigenvalue weighted by Crippen LogP contribution is -1.85. The Balaban J connectivity index is 2.64. The summed E-state index contributed by atoms with van der Waals surface area (Å²) in [7, 11) is 0. The van der Waals surface area contributed by atoms with Gasteiger partial charge in [0.2, 0.25) is 0 Å². The van der Waals surface area contributed by atoms with Gasteiger partial charge in [0.25, 0.3) is 6.21 Å². The second-order valence-electron chi connectivity index (χ2n) is 2.55. The summed E-state index contributed by atoms with van der Waals surface area (Å²) in [6, 6.07) is 3.84. The van der Waals surface area contributed by atoms with Crippen LogP contribution in [0.4, 0.5) is 0 Å². The van der Waals surface area contributed by atoms with E-state index >= 15 is 0 Å². The van der Waals surface area contributed by atoms with Crippen LogP contribution in [-0.4, -0.2) is 27.6 Å². The number of nitrogens with one attached hydrogen (secondary N) is 1. The number of rotatable bonds is 1. The standard InChI is InChI=1S/C9H8N4/c1-2-10-6-8-7-4-3-5-11-9(7)13-12-8/h2-6H,1H3/p+1. The zero-order valence-corrected chi connectivity index (χ0v) is 7.23. The predicted molar refractivity (Wildman–Crippen MR) is 52.9 cm³/mol. The molecular formula is C9H9N4+. The van der Waals surface area contributed by atoms with Gasteiger partial charge in [0.05, 0.1) is 5.39 Å². The van der Waals surface area contributed by atoms with Crippen molar-refractivity contribution in [2.45, 2.75) is 6.92 Å². The fourth-order valence-electron chi connectivity index (χ4n) is 1.12. The van der Waals surface area contributed by atoms with E-state index in [-0.39, 0.29) is 0 Å². The first-order valence-corrected chi connectivity index (χ1v) is 4.02. The van der Waals surface area contributed by atoms with Gasteiger partial charge in [-0.3, -0.25) is 5.10 Å². The van der Waals surface area contributed by atoms with Crippen molar-refractivity contribution in [2.24, 2.45) is 0 Å². The van der Waals surface area contributed by atoms with Crippen molar-refractivity contribution in [1.29, 1.82) is 0 Å². The molecule has 0 atom stereocenters. The van der Waals surface area contributed by atoms with Crippen LogP contribution in [0.1, 0.15) is 12.6 Å². The summed E-state index contributed by atoms with van der Waals surface area (Å²) in [5.74, 6) is 0. The van der Waals surface area contributed by atoms with Gasteiger partial charge in [-0.15, -0.1) is 4.67 Å². The Morgan fingerprint density at radius 2 is 2.46 bits per heavy atom. The molecule has 0 bridgehead atoms. The number of H-pyrrole nitrogens is 1. The van der Waals surface area contributed by atoms with Crippen LogP contribution in [0.3, 0.4) is 0 Å². The normalized spacial score (nSPS) is 9.62. The molecule has 0 aliphatic rings. The molecule has 13 heavy (non-hydrogen) atoms. The molecule has 0 aliphatic carbocycles. The lowest BCUT2D eigenvalue weighted by atomic mass is 10.3. The molecule has 0 radical (unpaired) electrons. The third-order valence-corrected chi connectivity index (χ3v) is 1.71. The highest BCUT2D eigenvalue weighted by atomic mass is 15.1. The number of aromatic nitrogens is 3. The highest BCUT2D eigenvalue weighted by Crippen LogP contribution is 2.09. The summed E-state index contributed by atoms with van der Waals surface area (Å²) in [5, 5.41) is 7.89. The SMILES string of the molecule is CC=[N+]=Cc1[nH]nc2ncccc12. The van der Waals surface area contributed by atoms with Crippen LogP contribution >= 0.6 is 0 Å². The maximum Gasteiger partial charge on any atom is 0.317 e. The Morgan fingerprint density at radius 3 is 3.31 bits per heavy atom. The fourth-order valence-corrected chi connectivity index (χ4v) is 1.12. The van der Waals surface area contributed by atoms with Gasteiger partial charge in [-0.1, -0.05) is 0 Å². The van der Waals surface area contributed by atoms with Crippen molar-refractivity contribution in [3.63, 3.8) is 0 Å². The summed E-state index contributed by atoms with van der Waals surface area (Å²) in [4.78, 5) is 4.10. The summed E-state index contributed by atoms with van der Waals surface area (Å²) in [5.41, 5.74) is 1.61. The molecule has 0 aliphatic heterocycles. The Kier molecular flexibility index (Phi) is 1.90. The minimum absolute atomic E-state index is 0.722. The average Bonchev–Trinajstić information content (AvgIpc) is 2.58. The molecule has 0 amide bonds. The number of nitrogens with zero attached hydrogens (tertiary/aromatic N) is 3. The van der Waals surface area contributed by atoms with Gasteiger partial charge >= 0.3 is 6.21 Å². The molecule has 4 nitrogen and oxygen atoms in total. The molecule has 0 unspecified atom stereocenters. The van der Waals surface area contributed by atoms with Crippen LogP contribution in [0.15, 0.2) is 18.3 Å². The summed E-state index contributed by atoms with van der Waals surface area (Å²) >= 11 is 0. The zero-order valence-electron chi connectivity index (χ0n) is 7.23. The molecule has 0 spiro atoms. The largest absolute Gasteiger partial charge is 0.317 e. The molecular weight excluding hydrogens is 164 g/mol. The van der Waals surface area contributed by atoms with Gasteiger partial charge in [-0.05, 0) is 12.1 Å². The molecule has 0 aromatic carbocycles. The monoisotopic (exact) mass is 173 g/mol. The van der Waals surface area contributed by atoms with Crippen molar-refractivity contribution < 1.29 is 0 Å². The van der Waals surface area contributed by atoms with E-state index in [2.05, 4.69) is 19.8 Å². The van der Waals surface area contributed by atoms with Crippen molar-refractivity contribution in [3.05, 3.63) is 24.0 Å². The molecule has 2 aromatic rings. The fraction of sp³-hybridized carbons (Fsp3) is 0.111. The van der Waals surface area contributed by atoms with Gasteiger partial charge in [-0.25, -0.2) is 4.98 Å². The Bertz CT molecular complexity index is 477. The van der Waals surface area contributed by atoms with Gasteiger partial charge in [0.15, 0.2) is 5.65 Å². The number of aromatic amines is 1. The quantitative estimate of drug-likeness (QED) is 0.505. The van der Waals surface area contributed by atoms with E-state index in [0.29, 0.717) is 0 Å². The third kappa shape index (κ3) is 1.35. The number of fused-ring (bicyclic) bond motifs is 1. The van der Waals surface area contributed by atoms with E-state index in [1.54, 1.807) is 18.6 Å². The van der Waals surface area contributed by atoms with Gasteiger partial charge in [-0.2, -0.15) is 5.10 Å². The molecule has 64 valence electrons. The molecule has 4 heteroatoms. The van der Waals surface area contributed by atoms with E-state index in [1.165, 1.54) is 0 Å².